The molecule has 0 saturated carbocycles. The van der Waals surface area contributed by atoms with Crippen LogP contribution in [0.5, 0.6) is 0 Å². The maximum Gasteiger partial charge on any atom is 0.0147 e. The Hall–Kier alpha value is -1.04. The fraction of sp³-hybridized carbons (Fsp3) is 0.357. The molecule has 0 heteroatoms. The molecule has 73 valence electrons. The number of rotatable bonds is 0. The van der Waals surface area contributed by atoms with Gasteiger partial charge in [-0.05, 0) is 23.0 Å². The lowest BCUT2D eigenvalue weighted by Crippen LogP contribution is -2.21. The average Bonchev–Trinajstić information content (AvgIpc) is 2.15. The minimum absolute atomic E-state index is 0.279. The molecule has 1 radical (unpaired) electrons. The number of allylic oxidation sites excluding steroid dienone is 1. The average molecular weight is 185 g/mol. The first-order chi connectivity index (χ1) is 6.59. The van der Waals surface area contributed by atoms with Crippen LogP contribution in [0.2, 0.25) is 0 Å². The maximum atomic E-state index is 2.29. The first kappa shape index (κ1) is 9.51. The van der Waals surface area contributed by atoms with Gasteiger partial charge in [-0.3, -0.25) is 0 Å². The van der Waals surface area contributed by atoms with E-state index in [4.69, 9.17) is 0 Å². The summed E-state index contributed by atoms with van der Waals surface area (Å²) in [5.41, 5.74) is 3.08. The van der Waals surface area contributed by atoms with Gasteiger partial charge in [0.2, 0.25) is 0 Å². The lowest BCUT2D eigenvalue weighted by Gasteiger charge is -2.32. The van der Waals surface area contributed by atoms with Crippen molar-refractivity contribution < 1.29 is 0 Å². The van der Waals surface area contributed by atoms with Crippen LogP contribution in [0.3, 0.4) is 0 Å². The monoisotopic (exact) mass is 185 g/mol. The van der Waals surface area contributed by atoms with Gasteiger partial charge in [0.15, 0.2) is 0 Å². The van der Waals surface area contributed by atoms with Crippen LogP contribution >= 0.6 is 0 Å². The smallest absolute Gasteiger partial charge is 0.0147 e. The van der Waals surface area contributed by atoms with Crippen LogP contribution in [0.4, 0.5) is 0 Å². The van der Waals surface area contributed by atoms with Gasteiger partial charge in [0.1, 0.15) is 0 Å². The van der Waals surface area contributed by atoms with E-state index in [1.807, 2.05) is 0 Å². The highest BCUT2D eigenvalue weighted by Gasteiger charge is 2.28. The zero-order valence-corrected chi connectivity index (χ0v) is 9.17. The van der Waals surface area contributed by atoms with E-state index in [1.54, 1.807) is 5.92 Å². The molecular formula is C14H17. The van der Waals surface area contributed by atoms with Crippen LogP contribution < -0.4 is 0 Å². The second-order valence-electron chi connectivity index (χ2n) is 4.92. The van der Waals surface area contributed by atoms with Crippen molar-refractivity contribution in [1.82, 2.24) is 0 Å². The third-order valence-electron chi connectivity index (χ3n) is 2.81. The van der Waals surface area contributed by atoms with Gasteiger partial charge < -0.3 is 0 Å². The first-order valence-electron chi connectivity index (χ1n) is 5.21. The van der Waals surface area contributed by atoms with Crippen LogP contribution in [-0.2, 0) is 0 Å². The molecule has 0 saturated heterocycles. The summed E-state index contributed by atoms with van der Waals surface area (Å²) in [6.45, 7) is 6.87. The quantitative estimate of drug-likeness (QED) is 0.571. The van der Waals surface area contributed by atoms with E-state index in [0.717, 1.165) is 6.42 Å². The molecule has 1 aliphatic carbocycles. The van der Waals surface area contributed by atoms with Crippen molar-refractivity contribution in [3.8, 4) is 0 Å². The van der Waals surface area contributed by atoms with E-state index in [9.17, 15) is 0 Å². The minimum Gasteiger partial charge on any atom is -0.0830 e. The summed E-state index contributed by atoms with van der Waals surface area (Å²) < 4.78 is 0. The predicted molar refractivity (Wildman–Crippen MR) is 61.9 cm³/mol. The molecule has 0 bridgehead atoms. The van der Waals surface area contributed by atoms with E-state index in [0.29, 0.717) is 0 Å². The highest BCUT2D eigenvalue weighted by atomic mass is 14.3. The fourth-order valence-electron chi connectivity index (χ4n) is 2.04. The summed E-state index contributed by atoms with van der Waals surface area (Å²) in [6.07, 6.45) is 5.59. The lowest BCUT2D eigenvalue weighted by molar-refractivity contribution is 0.437. The summed E-state index contributed by atoms with van der Waals surface area (Å²) in [6, 6.07) is 8.66. The van der Waals surface area contributed by atoms with Crippen molar-refractivity contribution in [2.45, 2.75) is 27.2 Å². The highest BCUT2D eigenvalue weighted by molar-refractivity contribution is 5.62. The van der Waals surface area contributed by atoms with E-state index in [2.05, 4.69) is 57.2 Å². The Kier molecular flexibility index (Phi) is 2.22. The molecule has 14 heavy (non-hydrogen) atoms. The molecule has 0 heterocycles. The lowest BCUT2D eigenvalue weighted by atomic mass is 9.71. The van der Waals surface area contributed by atoms with Crippen molar-refractivity contribution in [2.24, 2.45) is 5.41 Å². The third-order valence-corrected chi connectivity index (χ3v) is 2.81. The number of fused-ring (bicyclic) bond motifs is 1. The molecule has 1 aromatic rings. The Morgan fingerprint density at radius 2 is 1.79 bits per heavy atom. The van der Waals surface area contributed by atoms with Gasteiger partial charge in [0.25, 0.3) is 0 Å². The second-order valence-corrected chi connectivity index (χ2v) is 4.92. The van der Waals surface area contributed by atoms with Crippen LogP contribution in [0, 0.1) is 11.3 Å². The SMILES string of the molecule is CC(C)(C)[C]1CC=Cc2ccccc21. The normalized spacial score (nSPS) is 16.8. The van der Waals surface area contributed by atoms with Crippen molar-refractivity contribution in [1.29, 1.82) is 0 Å². The van der Waals surface area contributed by atoms with Gasteiger partial charge in [-0.15, -0.1) is 0 Å². The molecule has 0 atom stereocenters. The molecule has 2 rings (SSSR count). The van der Waals surface area contributed by atoms with E-state index < -0.39 is 0 Å². The van der Waals surface area contributed by atoms with Gasteiger partial charge >= 0.3 is 0 Å². The standard InChI is InChI=1S/C14H17/c1-14(2,3)13-10-6-8-11-7-4-5-9-12(11)13/h4-9H,10H2,1-3H3. The van der Waals surface area contributed by atoms with E-state index in [1.165, 1.54) is 11.1 Å². The van der Waals surface area contributed by atoms with Crippen LogP contribution in [0.15, 0.2) is 30.3 Å². The summed E-state index contributed by atoms with van der Waals surface area (Å²) in [5.74, 6) is 1.55. The number of hydrogen-bond acceptors (Lipinski definition) is 0. The largest absolute Gasteiger partial charge is 0.0830 e. The Bertz CT molecular complexity index is 353. The molecule has 0 aromatic heterocycles. The molecule has 0 nitrogen and oxygen atoms in total. The Labute approximate surface area is 86.7 Å². The van der Waals surface area contributed by atoms with E-state index >= 15 is 0 Å². The van der Waals surface area contributed by atoms with Crippen LogP contribution in [0.1, 0.15) is 38.3 Å². The van der Waals surface area contributed by atoms with Crippen molar-refractivity contribution in [3.63, 3.8) is 0 Å². The number of benzene rings is 1. The zero-order chi connectivity index (χ0) is 10.2. The molecule has 0 N–H and O–H groups in total. The predicted octanol–water partition coefficient (Wildman–Crippen LogP) is 4.07. The molecule has 0 aliphatic heterocycles. The summed E-state index contributed by atoms with van der Waals surface area (Å²) in [7, 11) is 0. The van der Waals surface area contributed by atoms with Crippen molar-refractivity contribution >= 4 is 6.08 Å². The molecule has 0 spiro atoms. The molecular weight excluding hydrogens is 168 g/mol. The Balaban J connectivity index is 2.46. The Morgan fingerprint density at radius 1 is 1.07 bits per heavy atom. The van der Waals surface area contributed by atoms with Gasteiger partial charge in [0.05, 0.1) is 0 Å². The zero-order valence-electron chi connectivity index (χ0n) is 9.17. The summed E-state index contributed by atoms with van der Waals surface area (Å²) >= 11 is 0. The molecule has 0 fully saturated rings. The van der Waals surface area contributed by atoms with Gasteiger partial charge in [-0.25, -0.2) is 0 Å². The van der Waals surface area contributed by atoms with Gasteiger partial charge in [0, 0.05) is 5.92 Å². The first-order valence-corrected chi connectivity index (χ1v) is 5.21. The summed E-state index contributed by atoms with van der Waals surface area (Å²) in [4.78, 5) is 0. The summed E-state index contributed by atoms with van der Waals surface area (Å²) in [5, 5.41) is 0. The van der Waals surface area contributed by atoms with Crippen molar-refractivity contribution in [3.05, 3.63) is 47.4 Å². The van der Waals surface area contributed by atoms with E-state index in [-0.39, 0.29) is 5.41 Å². The maximum absolute atomic E-state index is 2.29. The molecule has 1 aromatic carbocycles. The van der Waals surface area contributed by atoms with Crippen LogP contribution in [-0.4, -0.2) is 0 Å². The van der Waals surface area contributed by atoms with Gasteiger partial charge in [-0.1, -0.05) is 57.2 Å². The molecule has 0 unspecified atom stereocenters. The number of hydrogen-bond donors (Lipinski definition) is 0. The highest BCUT2D eigenvalue weighted by Crippen LogP contribution is 2.41. The molecule has 1 aliphatic rings. The Morgan fingerprint density at radius 3 is 2.50 bits per heavy atom. The molecule has 0 amide bonds. The third kappa shape index (κ3) is 1.61. The van der Waals surface area contributed by atoms with Crippen molar-refractivity contribution in [2.75, 3.05) is 0 Å². The fourth-order valence-corrected chi connectivity index (χ4v) is 2.04. The van der Waals surface area contributed by atoms with Crippen LogP contribution in [0.25, 0.3) is 6.08 Å². The minimum atomic E-state index is 0.279. The van der Waals surface area contributed by atoms with Gasteiger partial charge in [-0.2, -0.15) is 0 Å². The topological polar surface area (TPSA) is 0 Å². The second kappa shape index (κ2) is 3.27.